The highest BCUT2D eigenvalue weighted by molar-refractivity contribution is 5.91. The summed E-state index contributed by atoms with van der Waals surface area (Å²) < 4.78 is 38.0. The molecule has 1 saturated carbocycles. The van der Waals surface area contributed by atoms with Crippen molar-refractivity contribution in [3.8, 4) is 11.1 Å². The van der Waals surface area contributed by atoms with Crippen LogP contribution < -0.4 is 5.56 Å². The number of benzene rings is 1. The van der Waals surface area contributed by atoms with Crippen LogP contribution in [0.3, 0.4) is 0 Å². The van der Waals surface area contributed by atoms with Gasteiger partial charge in [-0.3, -0.25) is 14.0 Å². The number of rotatable bonds is 4. The molecule has 1 aromatic carbocycles. The van der Waals surface area contributed by atoms with Crippen molar-refractivity contribution >= 4 is 11.0 Å². The van der Waals surface area contributed by atoms with Crippen LogP contribution in [-0.2, 0) is 11.8 Å². The van der Waals surface area contributed by atoms with Crippen LogP contribution in [0.4, 0.5) is 8.78 Å². The van der Waals surface area contributed by atoms with E-state index in [0.29, 0.717) is 41.7 Å². The van der Waals surface area contributed by atoms with Gasteiger partial charge in [-0.15, -0.1) is 0 Å². The second-order valence-electron chi connectivity index (χ2n) is 9.50. The van der Waals surface area contributed by atoms with Crippen molar-refractivity contribution in [1.82, 2.24) is 24.3 Å². The van der Waals surface area contributed by atoms with Crippen molar-refractivity contribution in [3.63, 3.8) is 0 Å². The Balaban J connectivity index is 1.45. The average molecular weight is 478 g/mol. The van der Waals surface area contributed by atoms with E-state index in [1.54, 1.807) is 20.0 Å². The lowest BCUT2D eigenvalue weighted by atomic mass is 9.88. The number of hydrogen-bond donors (Lipinski definition) is 0. The Morgan fingerprint density at radius 1 is 1.06 bits per heavy atom. The molecule has 35 heavy (non-hydrogen) atoms. The van der Waals surface area contributed by atoms with E-state index in [-0.39, 0.29) is 28.7 Å². The Morgan fingerprint density at radius 3 is 2.66 bits per heavy atom. The van der Waals surface area contributed by atoms with Crippen LogP contribution in [0.15, 0.2) is 41.5 Å². The number of aryl methyl sites for hydroxylation is 1. The first-order valence-corrected chi connectivity index (χ1v) is 11.9. The first-order valence-electron chi connectivity index (χ1n) is 11.9. The molecule has 1 aliphatic carbocycles. The lowest BCUT2D eigenvalue weighted by Gasteiger charge is -2.29. The number of halogens is 2. The molecule has 7 nitrogen and oxygen atoms in total. The summed E-state index contributed by atoms with van der Waals surface area (Å²) in [5.41, 5.74) is 2.53. The van der Waals surface area contributed by atoms with Crippen molar-refractivity contribution in [1.29, 1.82) is 0 Å². The molecule has 6 rings (SSSR count). The molecule has 0 unspecified atom stereocenters. The topological polar surface area (TPSA) is 74.8 Å². The van der Waals surface area contributed by atoms with E-state index < -0.39 is 11.6 Å². The van der Waals surface area contributed by atoms with E-state index in [1.807, 2.05) is 10.9 Å². The van der Waals surface area contributed by atoms with Gasteiger partial charge in [0, 0.05) is 54.2 Å². The number of aromatic nitrogens is 5. The molecule has 180 valence electrons. The molecule has 0 amide bonds. The normalized spacial score (nSPS) is 20.5. The lowest BCUT2D eigenvalue weighted by molar-refractivity contribution is 0.00464. The smallest absolute Gasteiger partial charge is 0.279 e. The minimum atomic E-state index is -0.707. The van der Waals surface area contributed by atoms with Gasteiger partial charge in [0.15, 0.2) is 5.52 Å². The van der Waals surface area contributed by atoms with Gasteiger partial charge in [0.2, 0.25) is 0 Å². The fraction of sp³-hybridized carbons (Fsp3) is 0.385. The molecule has 4 aromatic rings. The predicted octanol–water partition coefficient (Wildman–Crippen LogP) is 4.75. The molecular formula is C26H25F2N5O2. The van der Waals surface area contributed by atoms with Gasteiger partial charge in [0.25, 0.3) is 5.56 Å². The largest absolute Gasteiger partial charge is 0.373 e. The van der Waals surface area contributed by atoms with E-state index >= 15 is 0 Å². The summed E-state index contributed by atoms with van der Waals surface area (Å²) in [7, 11) is 1.64. The van der Waals surface area contributed by atoms with Crippen LogP contribution >= 0.6 is 0 Å². The second-order valence-corrected chi connectivity index (χ2v) is 9.50. The Kier molecular flexibility index (Phi) is 5.25. The summed E-state index contributed by atoms with van der Waals surface area (Å²) in [6.07, 6.45) is 7.48. The summed E-state index contributed by atoms with van der Waals surface area (Å²) in [5, 5.41) is 4.49. The Bertz CT molecular complexity index is 1510. The van der Waals surface area contributed by atoms with E-state index in [1.165, 1.54) is 16.7 Å². The van der Waals surface area contributed by atoms with Gasteiger partial charge in [0.1, 0.15) is 23.0 Å². The molecule has 4 heterocycles. The minimum absolute atomic E-state index is 0.00399. The minimum Gasteiger partial charge on any atom is -0.373 e. The molecule has 2 aliphatic rings. The fourth-order valence-corrected chi connectivity index (χ4v) is 4.84. The summed E-state index contributed by atoms with van der Waals surface area (Å²) in [4.78, 5) is 22.4. The third-order valence-electron chi connectivity index (χ3n) is 7.12. The van der Waals surface area contributed by atoms with Gasteiger partial charge in [0.05, 0.1) is 18.3 Å². The maximum atomic E-state index is 14.9. The zero-order valence-electron chi connectivity index (χ0n) is 19.5. The molecule has 2 fully saturated rings. The molecule has 0 bridgehead atoms. The van der Waals surface area contributed by atoms with Crippen LogP contribution in [0.1, 0.15) is 60.8 Å². The summed E-state index contributed by atoms with van der Waals surface area (Å²) in [5.74, 6) is -0.889. The van der Waals surface area contributed by atoms with Crippen LogP contribution in [-0.4, -0.2) is 30.9 Å². The highest BCUT2D eigenvalue weighted by Crippen LogP contribution is 2.40. The van der Waals surface area contributed by atoms with E-state index in [2.05, 4.69) is 16.3 Å². The molecule has 3 aromatic heterocycles. The molecule has 2 atom stereocenters. The molecular weight excluding hydrogens is 452 g/mol. The first-order chi connectivity index (χ1) is 16.9. The van der Waals surface area contributed by atoms with E-state index in [0.717, 1.165) is 30.9 Å². The number of hydrogen-bond acceptors (Lipinski definition) is 5. The van der Waals surface area contributed by atoms with Gasteiger partial charge in [-0.05, 0) is 50.8 Å². The third-order valence-corrected chi connectivity index (χ3v) is 7.12. The van der Waals surface area contributed by atoms with Crippen molar-refractivity contribution in [2.75, 3.05) is 6.61 Å². The first kappa shape index (κ1) is 22.0. The van der Waals surface area contributed by atoms with E-state index in [4.69, 9.17) is 9.72 Å². The highest BCUT2D eigenvalue weighted by atomic mass is 19.1. The zero-order valence-corrected chi connectivity index (χ0v) is 19.5. The van der Waals surface area contributed by atoms with Gasteiger partial charge in [-0.25, -0.2) is 18.7 Å². The highest BCUT2D eigenvalue weighted by Gasteiger charge is 2.30. The fourth-order valence-electron chi connectivity index (χ4n) is 4.84. The number of ether oxygens (including phenoxy) is 1. The molecule has 0 radical (unpaired) electrons. The molecule has 1 saturated heterocycles. The summed E-state index contributed by atoms with van der Waals surface area (Å²) in [6.45, 7) is 2.25. The third kappa shape index (κ3) is 3.93. The quantitative estimate of drug-likeness (QED) is 0.424. The average Bonchev–Trinajstić information content (AvgIpc) is 3.59. The Labute approximate surface area is 200 Å². The maximum absolute atomic E-state index is 14.9. The van der Waals surface area contributed by atoms with Crippen molar-refractivity contribution in [2.45, 2.75) is 50.7 Å². The molecule has 0 N–H and O–H groups in total. The lowest BCUT2D eigenvalue weighted by Crippen LogP contribution is -2.24. The summed E-state index contributed by atoms with van der Waals surface area (Å²) >= 11 is 0. The summed E-state index contributed by atoms with van der Waals surface area (Å²) in [6, 6.07) is 5.73. The Hall–Kier alpha value is -3.46. The SMILES string of the molecule is Cc1nc2c(-c3ccc(F)cc3F)cc([C@H]3CCO[C@@H](c4cnn(C5CC5)c4)C3)nc2c(=O)n1C. The standard InChI is InChI=1S/C26H25F2N5O2/c1-14-30-24-20(19-6-3-17(27)10-21(19)28)11-22(31-25(24)26(34)32(14)2)15-7-8-35-23(9-15)16-12-29-33(13-16)18-4-5-18/h3,6,10-13,15,18,23H,4-5,7-9H2,1-2H3/t15-,23+/m0/s1. The van der Waals surface area contributed by atoms with Gasteiger partial charge in [-0.1, -0.05) is 0 Å². The maximum Gasteiger partial charge on any atom is 0.279 e. The second kappa shape index (κ2) is 8.34. The molecule has 1 aliphatic heterocycles. The number of fused-ring (bicyclic) bond motifs is 1. The molecule has 9 heteroatoms. The van der Waals surface area contributed by atoms with Crippen LogP contribution in [0.25, 0.3) is 22.2 Å². The van der Waals surface area contributed by atoms with Crippen molar-refractivity contribution in [3.05, 3.63) is 75.7 Å². The van der Waals surface area contributed by atoms with Crippen LogP contribution in [0, 0.1) is 18.6 Å². The van der Waals surface area contributed by atoms with Crippen molar-refractivity contribution < 1.29 is 13.5 Å². The van der Waals surface area contributed by atoms with Gasteiger partial charge >= 0.3 is 0 Å². The van der Waals surface area contributed by atoms with Crippen molar-refractivity contribution in [2.24, 2.45) is 7.05 Å². The van der Waals surface area contributed by atoms with Gasteiger partial charge in [-0.2, -0.15) is 5.10 Å². The van der Waals surface area contributed by atoms with Gasteiger partial charge < -0.3 is 4.74 Å². The molecule has 0 spiro atoms. The number of nitrogens with zero attached hydrogens (tertiary/aromatic N) is 5. The van der Waals surface area contributed by atoms with Crippen LogP contribution in [0.2, 0.25) is 0 Å². The predicted molar refractivity (Wildman–Crippen MR) is 126 cm³/mol. The number of pyridine rings is 1. The van der Waals surface area contributed by atoms with E-state index in [9.17, 15) is 13.6 Å². The zero-order chi connectivity index (χ0) is 24.3. The monoisotopic (exact) mass is 477 g/mol. The van der Waals surface area contributed by atoms with Crippen LogP contribution in [0.5, 0.6) is 0 Å². The Morgan fingerprint density at radius 2 is 1.89 bits per heavy atom.